The highest BCUT2D eigenvalue weighted by Gasteiger charge is 2.43. The van der Waals surface area contributed by atoms with E-state index in [1.54, 1.807) is 0 Å². The van der Waals surface area contributed by atoms with Crippen LogP contribution in [0, 0.1) is 5.92 Å². The molecular weight excluding hydrogens is 378 g/mol. The van der Waals surface area contributed by atoms with E-state index in [2.05, 4.69) is 39.9 Å². The van der Waals surface area contributed by atoms with E-state index in [4.69, 9.17) is 14.2 Å². The lowest BCUT2D eigenvalue weighted by atomic mass is 9.86. The van der Waals surface area contributed by atoms with Gasteiger partial charge >= 0.3 is 0 Å². The van der Waals surface area contributed by atoms with Crippen LogP contribution in [0.5, 0.6) is 5.75 Å². The van der Waals surface area contributed by atoms with Gasteiger partial charge in [0.25, 0.3) is 0 Å². The zero-order valence-electron chi connectivity index (χ0n) is 18.3. The van der Waals surface area contributed by atoms with E-state index in [0.29, 0.717) is 5.92 Å². The molecule has 1 aromatic carbocycles. The van der Waals surface area contributed by atoms with Crippen molar-refractivity contribution in [1.29, 1.82) is 0 Å². The van der Waals surface area contributed by atoms with Gasteiger partial charge in [-0.2, -0.15) is 0 Å². The van der Waals surface area contributed by atoms with Crippen LogP contribution in [-0.4, -0.2) is 51.6 Å². The van der Waals surface area contributed by atoms with Crippen LogP contribution in [0.15, 0.2) is 29.3 Å². The second-order valence-electron chi connectivity index (χ2n) is 8.91. The summed E-state index contributed by atoms with van der Waals surface area (Å²) in [5.74, 6) is 2.55. The highest BCUT2D eigenvalue weighted by atomic mass is 16.5. The highest BCUT2D eigenvalue weighted by Crippen LogP contribution is 2.46. The predicted octanol–water partition coefficient (Wildman–Crippen LogP) is 3.82. The first-order chi connectivity index (χ1) is 14.8. The van der Waals surface area contributed by atoms with Gasteiger partial charge in [0.1, 0.15) is 11.4 Å². The minimum Gasteiger partial charge on any atom is -0.487 e. The van der Waals surface area contributed by atoms with Gasteiger partial charge < -0.3 is 24.8 Å². The van der Waals surface area contributed by atoms with Gasteiger partial charge in [0.05, 0.1) is 6.04 Å². The van der Waals surface area contributed by atoms with Crippen LogP contribution in [0.2, 0.25) is 0 Å². The number of aliphatic imine (C=N–C) groups is 1. The summed E-state index contributed by atoms with van der Waals surface area (Å²) >= 11 is 0. The van der Waals surface area contributed by atoms with Gasteiger partial charge in [-0.05, 0) is 56.9 Å². The zero-order chi connectivity index (χ0) is 20.7. The molecule has 1 atom stereocenters. The number of para-hydroxylation sites is 1. The maximum atomic E-state index is 6.48. The molecule has 2 aliphatic heterocycles. The number of guanidine groups is 1. The standard InChI is InChI=1S/C24H37N3O3/c1-25-23(26-13-6-14-29-18-19-9-15-28-16-10-19)27-21-17-24(11-4-5-12-24)30-22-8-3-2-7-20(21)22/h2-3,7-8,19,21H,4-6,9-18H2,1H3,(H2,25,26,27). The van der Waals surface area contributed by atoms with Crippen LogP contribution in [0.1, 0.15) is 63.0 Å². The second kappa shape index (κ2) is 10.5. The molecule has 1 spiro atoms. The molecule has 2 fully saturated rings. The van der Waals surface area contributed by atoms with Crippen molar-refractivity contribution in [3.63, 3.8) is 0 Å². The second-order valence-corrected chi connectivity index (χ2v) is 8.91. The van der Waals surface area contributed by atoms with Crippen molar-refractivity contribution in [3.05, 3.63) is 29.8 Å². The Morgan fingerprint density at radius 1 is 1.20 bits per heavy atom. The summed E-state index contributed by atoms with van der Waals surface area (Å²) in [6.07, 6.45) is 9.04. The van der Waals surface area contributed by atoms with Crippen molar-refractivity contribution < 1.29 is 14.2 Å². The van der Waals surface area contributed by atoms with Crippen molar-refractivity contribution in [2.75, 3.05) is 40.0 Å². The molecule has 2 N–H and O–H groups in total. The SMILES string of the molecule is CN=C(NCCCOCC1CCOCC1)NC1CC2(CCCC2)Oc2ccccc21. The Balaban J connectivity index is 1.24. The molecule has 166 valence electrons. The minimum atomic E-state index is -0.0110. The fourth-order valence-electron chi connectivity index (χ4n) is 4.98. The van der Waals surface area contributed by atoms with Crippen molar-refractivity contribution >= 4 is 5.96 Å². The molecule has 1 unspecified atom stereocenters. The molecule has 0 aromatic heterocycles. The molecule has 0 radical (unpaired) electrons. The third-order valence-corrected chi connectivity index (χ3v) is 6.70. The molecule has 6 heteroatoms. The van der Waals surface area contributed by atoms with E-state index in [9.17, 15) is 0 Å². The van der Waals surface area contributed by atoms with E-state index in [-0.39, 0.29) is 11.6 Å². The summed E-state index contributed by atoms with van der Waals surface area (Å²) in [7, 11) is 1.84. The molecule has 3 aliphatic rings. The first-order valence-electron chi connectivity index (χ1n) is 11.7. The van der Waals surface area contributed by atoms with Crippen LogP contribution in [0.4, 0.5) is 0 Å². The monoisotopic (exact) mass is 415 g/mol. The maximum absolute atomic E-state index is 6.48. The van der Waals surface area contributed by atoms with Gasteiger partial charge in [-0.3, -0.25) is 4.99 Å². The van der Waals surface area contributed by atoms with Crippen LogP contribution in [0.25, 0.3) is 0 Å². The summed E-state index contributed by atoms with van der Waals surface area (Å²) in [4.78, 5) is 4.46. The zero-order valence-corrected chi connectivity index (χ0v) is 18.3. The summed E-state index contributed by atoms with van der Waals surface area (Å²) < 4.78 is 17.8. The highest BCUT2D eigenvalue weighted by molar-refractivity contribution is 5.80. The van der Waals surface area contributed by atoms with Gasteiger partial charge in [0.15, 0.2) is 5.96 Å². The number of fused-ring (bicyclic) bond motifs is 1. The third-order valence-electron chi connectivity index (χ3n) is 6.70. The molecule has 1 saturated heterocycles. The number of ether oxygens (including phenoxy) is 3. The molecular formula is C24H37N3O3. The third kappa shape index (κ3) is 5.46. The van der Waals surface area contributed by atoms with Crippen LogP contribution < -0.4 is 15.4 Å². The fraction of sp³-hybridized carbons (Fsp3) is 0.708. The Kier molecular flexibility index (Phi) is 7.50. The summed E-state index contributed by atoms with van der Waals surface area (Å²) in [6.45, 7) is 4.26. The number of hydrogen-bond donors (Lipinski definition) is 2. The Hall–Kier alpha value is -1.79. The Bertz CT molecular complexity index is 697. The van der Waals surface area contributed by atoms with E-state index in [1.165, 1.54) is 18.4 Å². The van der Waals surface area contributed by atoms with E-state index in [0.717, 1.165) is 83.2 Å². The molecule has 6 nitrogen and oxygen atoms in total. The van der Waals surface area contributed by atoms with Crippen molar-refractivity contribution in [1.82, 2.24) is 10.6 Å². The molecule has 0 bridgehead atoms. The van der Waals surface area contributed by atoms with E-state index in [1.807, 2.05) is 7.05 Å². The van der Waals surface area contributed by atoms with E-state index >= 15 is 0 Å². The van der Waals surface area contributed by atoms with Crippen molar-refractivity contribution in [2.45, 2.75) is 63.0 Å². The molecule has 1 saturated carbocycles. The number of rotatable bonds is 7. The Morgan fingerprint density at radius 3 is 2.80 bits per heavy atom. The van der Waals surface area contributed by atoms with Crippen LogP contribution >= 0.6 is 0 Å². The first kappa shape index (κ1) is 21.4. The molecule has 4 rings (SSSR count). The summed E-state index contributed by atoms with van der Waals surface area (Å²) in [5.41, 5.74) is 1.22. The number of nitrogens with one attached hydrogen (secondary N) is 2. The normalized spacial score (nSPS) is 23.8. The predicted molar refractivity (Wildman–Crippen MR) is 119 cm³/mol. The topological polar surface area (TPSA) is 64.1 Å². The maximum Gasteiger partial charge on any atom is 0.191 e. The lowest BCUT2D eigenvalue weighted by Gasteiger charge is -2.40. The molecule has 2 heterocycles. The van der Waals surface area contributed by atoms with Gasteiger partial charge in [-0.1, -0.05) is 18.2 Å². The van der Waals surface area contributed by atoms with Crippen molar-refractivity contribution in [2.24, 2.45) is 10.9 Å². The lowest BCUT2D eigenvalue weighted by molar-refractivity contribution is 0.0203. The largest absolute Gasteiger partial charge is 0.487 e. The van der Waals surface area contributed by atoms with Crippen molar-refractivity contribution in [3.8, 4) is 5.75 Å². The Labute approximate surface area is 180 Å². The number of hydrogen-bond acceptors (Lipinski definition) is 4. The molecule has 30 heavy (non-hydrogen) atoms. The molecule has 0 amide bonds. The van der Waals surface area contributed by atoms with Gasteiger partial charge in [0, 0.05) is 52.0 Å². The van der Waals surface area contributed by atoms with Gasteiger partial charge in [0.2, 0.25) is 0 Å². The smallest absolute Gasteiger partial charge is 0.191 e. The average Bonchev–Trinajstić information content (AvgIpc) is 3.23. The minimum absolute atomic E-state index is 0.0110. The molecule has 1 aromatic rings. The number of benzene rings is 1. The average molecular weight is 416 g/mol. The first-order valence-corrected chi connectivity index (χ1v) is 11.7. The van der Waals surface area contributed by atoms with Gasteiger partial charge in [-0.25, -0.2) is 0 Å². The van der Waals surface area contributed by atoms with Gasteiger partial charge in [-0.15, -0.1) is 0 Å². The summed E-state index contributed by atoms with van der Waals surface area (Å²) in [6, 6.07) is 8.66. The Morgan fingerprint density at radius 2 is 2.00 bits per heavy atom. The quantitative estimate of drug-likeness (QED) is 0.403. The van der Waals surface area contributed by atoms with Crippen LogP contribution in [0.3, 0.4) is 0 Å². The molecule has 1 aliphatic carbocycles. The van der Waals surface area contributed by atoms with E-state index < -0.39 is 0 Å². The summed E-state index contributed by atoms with van der Waals surface area (Å²) in [5, 5.41) is 7.12. The lowest BCUT2D eigenvalue weighted by Crippen LogP contribution is -2.46. The number of nitrogens with zero attached hydrogens (tertiary/aromatic N) is 1. The van der Waals surface area contributed by atoms with Crippen LogP contribution in [-0.2, 0) is 9.47 Å². The fourth-order valence-corrected chi connectivity index (χ4v) is 4.98.